The number of aromatic carboxylic acids is 1. The molecular formula is C15H21N3O3. The molecule has 0 aromatic carbocycles. The van der Waals surface area contributed by atoms with Crippen molar-refractivity contribution in [3.63, 3.8) is 0 Å². The minimum atomic E-state index is -1.03. The van der Waals surface area contributed by atoms with Gasteiger partial charge in [-0.1, -0.05) is 19.9 Å². The van der Waals surface area contributed by atoms with Crippen molar-refractivity contribution in [1.82, 2.24) is 9.88 Å². The van der Waals surface area contributed by atoms with Crippen LogP contribution in [0.1, 0.15) is 30.8 Å². The highest BCUT2D eigenvalue weighted by atomic mass is 16.4. The number of aromatic nitrogens is 1. The van der Waals surface area contributed by atoms with Gasteiger partial charge in [0.2, 0.25) is 5.91 Å². The van der Waals surface area contributed by atoms with Crippen molar-refractivity contribution in [3.8, 4) is 0 Å². The average Bonchev–Trinajstić information content (AvgIpc) is 2.47. The fourth-order valence-corrected chi connectivity index (χ4v) is 2.38. The lowest BCUT2D eigenvalue weighted by atomic mass is 10.1. The van der Waals surface area contributed by atoms with Gasteiger partial charge in [-0.2, -0.15) is 0 Å². The molecule has 0 unspecified atom stereocenters. The van der Waals surface area contributed by atoms with Crippen LogP contribution in [-0.4, -0.2) is 53.0 Å². The first kappa shape index (κ1) is 15.3. The molecule has 2 heterocycles. The van der Waals surface area contributed by atoms with Gasteiger partial charge in [-0.15, -0.1) is 0 Å². The van der Waals surface area contributed by atoms with E-state index in [1.807, 2.05) is 23.6 Å². The number of anilines is 1. The van der Waals surface area contributed by atoms with Crippen LogP contribution < -0.4 is 4.90 Å². The van der Waals surface area contributed by atoms with E-state index in [-0.39, 0.29) is 11.6 Å². The average molecular weight is 291 g/mol. The lowest BCUT2D eigenvalue weighted by molar-refractivity contribution is -0.132. The zero-order chi connectivity index (χ0) is 15.4. The van der Waals surface area contributed by atoms with E-state index in [0.29, 0.717) is 44.3 Å². The van der Waals surface area contributed by atoms with E-state index in [4.69, 9.17) is 5.11 Å². The molecule has 1 aromatic rings. The highest BCUT2D eigenvalue weighted by Gasteiger charge is 2.22. The second-order valence-electron chi connectivity index (χ2n) is 5.65. The summed E-state index contributed by atoms with van der Waals surface area (Å²) in [6.45, 7) is 6.75. The van der Waals surface area contributed by atoms with Crippen molar-refractivity contribution in [2.75, 3.05) is 31.1 Å². The van der Waals surface area contributed by atoms with E-state index in [1.165, 1.54) is 6.07 Å². The predicted molar refractivity (Wildman–Crippen MR) is 79.4 cm³/mol. The number of hydrogen-bond acceptors (Lipinski definition) is 4. The summed E-state index contributed by atoms with van der Waals surface area (Å²) in [7, 11) is 0. The molecule has 0 atom stereocenters. The van der Waals surface area contributed by atoms with Gasteiger partial charge in [-0.25, -0.2) is 9.78 Å². The van der Waals surface area contributed by atoms with Gasteiger partial charge < -0.3 is 14.9 Å². The summed E-state index contributed by atoms with van der Waals surface area (Å²) in [6, 6.07) is 4.98. The van der Waals surface area contributed by atoms with Crippen LogP contribution in [-0.2, 0) is 4.79 Å². The summed E-state index contributed by atoms with van der Waals surface area (Å²) < 4.78 is 0. The summed E-state index contributed by atoms with van der Waals surface area (Å²) in [6.07, 6.45) is 0.576. The van der Waals surface area contributed by atoms with E-state index >= 15 is 0 Å². The first-order valence-corrected chi connectivity index (χ1v) is 7.20. The number of hydrogen-bond donors (Lipinski definition) is 1. The maximum absolute atomic E-state index is 12.0. The number of amides is 1. The van der Waals surface area contributed by atoms with Crippen LogP contribution in [0, 0.1) is 5.92 Å². The molecule has 0 aliphatic carbocycles. The topological polar surface area (TPSA) is 73.7 Å². The van der Waals surface area contributed by atoms with Gasteiger partial charge in [0.15, 0.2) is 5.69 Å². The monoisotopic (exact) mass is 291 g/mol. The molecule has 114 valence electrons. The lowest BCUT2D eigenvalue weighted by Gasteiger charge is -2.35. The number of nitrogens with zero attached hydrogens (tertiary/aromatic N) is 3. The van der Waals surface area contributed by atoms with E-state index in [0.717, 1.165) is 0 Å². The first-order chi connectivity index (χ1) is 9.97. The van der Waals surface area contributed by atoms with Crippen LogP contribution in [0.25, 0.3) is 0 Å². The third-order valence-electron chi connectivity index (χ3n) is 3.49. The SMILES string of the molecule is CC(C)CC(=O)N1CCN(c2cccc(C(=O)O)n2)CC1. The smallest absolute Gasteiger partial charge is 0.354 e. The second kappa shape index (κ2) is 6.56. The highest BCUT2D eigenvalue weighted by molar-refractivity contribution is 5.85. The quantitative estimate of drug-likeness (QED) is 0.909. The number of rotatable bonds is 4. The molecule has 0 saturated carbocycles. The Morgan fingerprint density at radius 1 is 1.24 bits per heavy atom. The van der Waals surface area contributed by atoms with Gasteiger partial charge in [0.1, 0.15) is 5.82 Å². The fourth-order valence-electron chi connectivity index (χ4n) is 2.38. The van der Waals surface area contributed by atoms with Crippen molar-refractivity contribution in [1.29, 1.82) is 0 Å². The molecule has 1 saturated heterocycles. The first-order valence-electron chi connectivity index (χ1n) is 7.20. The highest BCUT2D eigenvalue weighted by Crippen LogP contribution is 2.15. The Bertz CT molecular complexity index is 523. The van der Waals surface area contributed by atoms with Crippen molar-refractivity contribution in [2.45, 2.75) is 20.3 Å². The van der Waals surface area contributed by atoms with Crippen LogP contribution in [0.4, 0.5) is 5.82 Å². The molecule has 6 nitrogen and oxygen atoms in total. The normalized spacial score (nSPS) is 15.4. The Labute approximate surface area is 124 Å². The number of piperazine rings is 1. The summed E-state index contributed by atoms with van der Waals surface area (Å²) in [5.41, 5.74) is 0.0470. The zero-order valence-electron chi connectivity index (χ0n) is 12.5. The van der Waals surface area contributed by atoms with Crippen LogP contribution in [0.2, 0.25) is 0 Å². The number of carboxylic acids is 1. The van der Waals surface area contributed by atoms with E-state index in [1.54, 1.807) is 12.1 Å². The van der Waals surface area contributed by atoms with Gasteiger partial charge >= 0.3 is 5.97 Å². The van der Waals surface area contributed by atoms with E-state index in [2.05, 4.69) is 4.98 Å². The number of pyridine rings is 1. The molecule has 1 aliphatic heterocycles. The molecule has 1 aliphatic rings. The maximum Gasteiger partial charge on any atom is 0.354 e. The molecular weight excluding hydrogens is 270 g/mol. The third kappa shape index (κ3) is 3.93. The Hall–Kier alpha value is -2.11. The largest absolute Gasteiger partial charge is 0.477 e. The van der Waals surface area contributed by atoms with Gasteiger partial charge in [0, 0.05) is 32.6 Å². The van der Waals surface area contributed by atoms with Gasteiger partial charge in [0.25, 0.3) is 0 Å². The van der Waals surface area contributed by atoms with Crippen LogP contribution >= 0.6 is 0 Å². The minimum Gasteiger partial charge on any atom is -0.477 e. The third-order valence-corrected chi connectivity index (χ3v) is 3.49. The molecule has 6 heteroatoms. The Balaban J connectivity index is 1.96. The Kier molecular flexibility index (Phi) is 4.77. The molecule has 1 aromatic heterocycles. The van der Waals surface area contributed by atoms with E-state index in [9.17, 15) is 9.59 Å². The van der Waals surface area contributed by atoms with Crippen LogP contribution in [0.3, 0.4) is 0 Å². The minimum absolute atomic E-state index is 0.0470. The molecule has 0 spiro atoms. The summed E-state index contributed by atoms with van der Waals surface area (Å²) >= 11 is 0. The van der Waals surface area contributed by atoms with Crippen molar-refractivity contribution in [2.24, 2.45) is 5.92 Å². The van der Waals surface area contributed by atoms with E-state index < -0.39 is 5.97 Å². The summed E-state index contributed by atoms with van der Waals surface area (Å²) in [4.78, 5) is 31.0. The Morgan fingerprint density at radius 3 is 2.48 bits per heavy atom. The fraction of sp³-hybridized carbons (Fsp3) is 0.533. The molecule has 1 fully saturated rings. The lowest BCUT2D eigenvalue weighted by Crippen LogP contribution is -2.49. The number of carboxylic acid groups (broad SMARTS) is 1. The summed E-state index contributed by atoms with van der Waals surface area (Å²) in [5.74, 6) is 0.190. The van der Waals surface area contributed by atoms with Gasteiger partial charge in [-0.05, 0) is 18.1 Å². The van der Waals surface area contributed by atoms with Crippen molar-refractivity contribution >= 4 is 17.7 Å². The molecule has 1 amide bonds. The van der Waals surface area contributed by atoms with Crippen LogP contribution in [0.5, 0.6) is 0 Å². The standard InChI is InChI=1S/C15H21N3O3/c1-11(2)10-14(19)18-8-6-17(7-9-18)13-5-3-4-12(16-13)15(20)21/h3-5,11H,6-10H2,1-2H3,(H,20,21). The van der Waals surface area contributed by atoms with Crippen molar-refractivity contribution in [3.05, 3.63) is 23.9 Å². The van der Waals surface area contributed by atoms with Crippen molar-refractivity contribution < 1.29 is 14.7 Å². The van der Waals surface area contributed by atoms with Gasteiger partial charge in [0.05, 0.1) is 0 Å². The Morgan fingerprint density at radius 2 is 1.90 bits per heavy atom. The zero-order valence-corrected chi connectivity index (χ0v) is 12.5. The molecule has 0 bridgehead atoms. The molecule has 1 N–H and O–H groups in total. The molecule has 21 heavy (non-hydrogen) atoms. The molecule has 2 rings (SSSR count). The second-order valence-corrected chi connectivity index (χ2v) is 5.65. The molecule has 0 radical (unpaired) electrons. The number of carbonyl (C=O) groups excluding carboxylic acids is 1. The number of carbonyl (C=O) groups is 2. The van der Waals surface area contributed by atoms with Gasteiger partial charge in [-0.3, -0.25) is 4.79 Å². The summed E-state index contributed by atoms with van der Waals surface area (Å²) in [5, 5.41) is 8.97. The van der Waals surface area contributed by atoms with Crippen LogP contribution in [0.15, 0.2) is 18.2 Å². The predicted octanol–water partition coefficient (Wildman–Crippen LogP) is 1.47. The maximum atomic E-state index is 12.0.